The maximum atomic E-state index is 13.5. The van der Waals surface area contributed by atoms with E-state index in [0.29, 0.717) is 18.4 Å². The van der Waals surface area contributed by atoms with Crippen LogP contribution in [0.3, 0.4) is 0 Å². The van der Waals surface area contributed by atoms with E-state index in [1.54, 1.807) is 13.0 Å². The van der Waals surface area contributed by atoms with Crippen molar-refractivity contribution in [3.63, 3.8) is 0 Å². The zero-order chi connectivity index (χ0) is 27.3. The van der Waals surface area contributed by atoms with Gasteiger partial charge >= 0.3 is 0 Å². The number of aliphatic hydroxyl groups is 3. The number of aliphatic hydroxyl groups excluding tert-OH is 2. The molecule has 6 rings (SSSR count). The molecule has 8 heteroatoms. The molecule has 6 aliphatic rings. The van der Waals surface area contributed by atoms with Gasteiger partial charge in [-0.1, -0.05) is 65.0 Å². The lowest BCUT2D eigenvalue weighted by atomic mass is 9.54. The van der Waals surface area contributed by atoms with Crippen molar-refractivity contribution >= 4 is 5.78 Å². The minimum absolute atomic E-state index is 0.183. The molecule has 3 saturated heterocycles. The highest BCUT2D eigenvalue weighted by Gasteiger charge is 2.88. The Morgan fingerprint density at radius 1 is 1.11 bits per heavy atom. The lowest BCUT2D eigenvalue weighted by molar-refractivity contribution is -0.430. The second-order valence-electron chi connectivity index (χ2n) is 13.0. The second kappa shape index (κ2) is 8.68. The first-order chi connectivity index (χ1) is 18.0. The van der Waals surface area contributed by atoms with Crippen LogP contribution in [0.15, 0.2) is 23.8 Å². The highest BCUT2D eigenvalue weighted by Crippen LogP contribution is 2.73. The number of fused-ring (bicyclic) bond motifs is 3. The number of epoxide rings is 1. The predicted molar refractivity (Wildman–Crippen MR) is 138 cm³/mol. The molecule has 3 aliphatic heterocycles. The van der Waals surface area contributed by atoms with Crippen molar-refractivity contribution in [1.82, 2.24) is 0 Å². The summed E-state index contributed by atoms with van der Waals surface area (Å²) in [4.78, 5) is 13.5. The molecule has 0 amide bonds. The lowest BCUT2D eigenvalue weighted by Gasteiger charge is -2.59. The quantitative estimate of drug-likeness (QED) is 0.223. The average Bonchev–Trinajstić information content (AvgIpc) is 3.52. The van der Waals surface area contributed by atoms with E-state index >= 15 is 0 Å². The minimum atomic E-state index is -2.18. The summed E-state index contributed by atoms with van der Waals surface area (Å²) in [5.41, 5.74) is -4.36. The Labute approximate surface area is 225 Å². The maximum Gasteiger partial charge on any atom is 0.284 e. The minimum Gasteiger partial charge on any atom is -0.393 e. The van der Waals surface area contributed by atoms with E-state index < -0.39 is 70.9 Å². The van der Waals surface area contributed by atoms with Crippen molar-refractivity contribution in [3.8, 4) is 0 Å². The van der Waals surface area contributed by atoms with Crippen LogP contribution in [0, 0.1) is 17.8 Å². The molecule has 0 spiro atoms. The first-order valence-electron chi connectivity index (χ1n) is 14.7. The fraction of sp³-hybridized carbons (Fsp3) is 0.833. The first kappa shape index (κ1) is 27.1. The van der Waals surface area contributed by atoms with Gasteiger partial charge in [-0.05, 0) is 43.8 Å². The van der Waals surface area contributed by atoms with Crippen LogP contribution in [0.1, 0.15) is 85.5 Å². The number of ether oxygens (including phenoxy) is 4. The molecule has 8 nitrogen and oxygen atoms in total. The van der Waals surface area contributed by atoms with Crippen molar-refractivity contribution in [1.29, 1.82) is 0 Å². The standard InChI is InChI=1S/C30H44O8/c1-6-7-8-9-10-11-12-13-28-36-23-21-24-27(16-31,35-24)25(33)29(34)20(14-18(4)22(29)32)30(21,38-28)19(5)15-26(23,37-28)17(2)3/h14,19-21,23-25,31,33-34H,2,6-13,15-16H2,1,3-5H3/t19-,20-,21-,23-,24+,25-,26-,27+,28?,29-,30+/m1/s1. The molecule has 3 heterocycles. The highest BCUT2D eigenvalue weighted by molar-refractivity contribution is 6.05. The Kier molecular flexibility index (Phi) is 6.18. The Bertz CT molecular complexity index is 1060. The van der Waals surface area contributed by atoms with E-state index in [1.807, 2.05) is 6.92 Å². The number of hydrogen-bond acceptors (Lipinski definition) is 8. The summed E-state index contributed by atoms with van der Waals surface area (Å²) < 4.78 is 26.7. The Morgan fingerprint density at radius 3 is 2.45 bits per heavy atom. The Morgan fingerprint density at radius 2 is 1.79 bits per heavy atom. The van der Waals surface area contributed by atoms with Crippen molar-refractivity contribution < 1.29 is 39.1 Å². The van der Waals surface area contributed by atoms with Gasteiger partial charge in [0.15, 0.2) is 11.4 Å². The zero-order valence-corrected chi connectivity index (χ0v) is 23.2. The van der Waals surface area contributed by atoms with Crippen LogP contribution in [-0.4, -0.2) is 74.4 Å². The second-order valence-corrected chi connectivity index (χ2v) is 13.0. The van der Waals surface area contributed by atoms with Crippen molar-refractivity contribution in [3.05, 3.63) is 23.8 Å². The molecule has 0 radical (unpaired) electrons. The van der Waals surface area contributed by atoms with E-state index in [-0.39, 0.29) is 5.92 Å². The van der Waals surface area contributed by atoms with Crippen LogP contribution < -0.4 is 0 Å². The zero-order valence-electron chi connectivity index (χ0n) is 23.2. The molecule has 3 N–H and O–H groups in total. The van der Waals surface area contributed by atoms with Crippen molar-refractivity contribution in [2.75, 3.05) is 6.61 Å². The van der Waals surface area contributed by atoms with Crippen LogP contribution in [0.2, 0.25) is 0 Å². The van der Waals surface area contributed by atoms with Crippen LogP contribution in [0.4, 0.5) is 0 Å². The molecule has 2 saturated carbocycles. The number of hydrogen-bond donors (Lipinski definition) is 3. The molecule has 0 aromatic heterocycles. The number of rotatable bonds is 10. The molecular formula is C30H44O8. The van der Waals surface area contributed by atoms with Gasteiger partial charge in [-0.2, -0.15) is 0 Å². The van der Waals surface area contributed by atoms with Gasteiger partial charge in [-0.25, -0.2) is 0 Å². The number of carbonyl (C=O) groups is 1. The van der Waals surface area contributed by atoms with E-state index in [1.165, 1.54) is 25.7 Å². The smallest absolute Gasteiger partial charge is 0.284 e. The van der Waals surface area contributed by atoms with Gasteiger partial charge in [0.25, 0.3) is 5.97 Å². The van der Waals surface area contributed by atoms with Gasteiger partial charge in [-0.15, -0.1) is 0 Å². The number of Topliss-reactive ketones (excluding diaryl/α,β-unsaturated/α-hetero) is 1. The monoisotopic (exact) mass is 532 g/mol. The summed E-state index contributed by atoms with van der Waals surface area (Å²) in [6.45, 7) is 11.7. The van der Waals surface area contributed by atoms with Gasteiger partial charge in [-0.3, -0.25) is 4.79 Å². The molecule has 212 valence electrons. The molecule has 5 fully saturated rings. The lowest BCUT2D eigenvalue weighted by Crippen LogP contribution is -2.72. The van der Waals surface area contributed by atoms with Gasteiger partial charge in [0, 0.05) is 18.3 Å². The molecule has 11 atom stereocenters. The average molecular weight is 533 g/mol. The van der Waals surface area contributed by atoms with E-state index in [9.17, 15) is 20.1 Å². The summed E-state index contributed by atoms with van der Waals surface area (Å²) in [5, 5.41) is 34.1. The summed E-state index contributed by atoms with van der Waals surface area (Å²) in [5.74, 6) is -3.38. The molecule has 38 heavy (non-hydrogen) atoms. The van der Waals surface area contributed by atoms with Crippen LogP contribution >= 0.6 is 0 Å². The molecule has 0 aromatic carbocycles. The number of ketones is 1. The largest absolute Gasteiger partial charge is 0.393 e. The summed E-state index contributed by atoms with van der Waals surface area (Å²) >= 11 is 0. The van der Waals surface area contributed by atoms with Crippen LogP contribution in [0.5, 0.6) is 0 Å². The van der Waals surface area contributed by atoms with Gasteiger partial charge in [0.2, 0.25) is 0 Å². The Balaban J connectivity index is 1.41. The molecular weight excluding hydrogens is 488 g/mol. The van der Waals surface area contributed by atoms with E-state index in [2.05, 4.69) is 20.4 Å². The number of carbonyl (C=O) groups excluding carboxylic acids is 1. The van der Waals surface area contributed by atoms with Crippen LogP contribution in [0.25, 0.3) is 0 Å². The maximum absolute atomic E-state index is 13.5. The topological polar surface area (TPSA) is 118 Å². The van der Waals surface area contributed by atoms with Crippen LogP contribution in [-0.2, 0) is 23.7 Å². The first-order valence-corrected chi connectivity index (χ1v) is 14.7. The molecule has 3 aliphatic carbocycles. The van der Waals surface area contributed by atoms with Crippen molar-refractivity contribution in [2.24, 2.45) is 17.8 Å². The fourth-order valence-corrected chi connectivity index (χ4v) is 8.83. The third-order valence-corrected chi connectivity index (χ3v) is 10.8. The van der Waals surface area contributed by atoms with Crippen molar-refractivity contribution in [2.45, 2.75) is 132 Å². The normalized spacial score (nSPS) is 51.8. The predicted octanol–water partition coefficient (Wildman–Crippen LogP) is 3.32. The van der Waals surface area contributed by atoms with Gasteiger partial charge in [0.05, 0.1) is 12.2 Å². The fourth-order valence-electron chi connectivity index (χ4n) is 8.83. The SMILES string of the molecule is C=C(C)[C@]12C[C@@H](C)[C@@]34OC(CCCCCCCCC)(O[C@@H]1[C@@H]3[C@@H]1O[C@]1(CO)[C@@H](O)[C@]1(O)C(=O)C(C)=C[C@H]14)O2. The highest BCUT2D eigenvalue weighted by atomic mass is 16.9. The van der Waals surface area contributed by atoms with E-state index in [0.717, 1.165) is 24.8 Å². The number of unbranched alkanes of at least 4 members (excludes halogenated alkanes) is 6. The molecule has 3 bridgehead atoms. The molecule has 0 aromatic rings. The third kappa shape index (κ3) is 3.14. The molecule has 1 unspecified atom stereocenters. The Hall–Kier alpha value is -1.13. The van der Waals surface area contributed by atoms with E-state index in [4.69, 9.17) is 18.9 Å². The van der Waals surface area contributed by atoms with Gasteiger partial charge in [0.1, 0.15) is 29.5 Å². The van der Waals surface area contributed by atoms with Gasteiger partial charge < -0.3 is 34.3 Å². The summed E-state index contributed by atoms with van der Waals surface area (Å²) in [7, 11) is 0. The summed E-state index contributed by atoms with van der Waals surface area (Å²) in [6, 6.07) is 0. The summed E-state index contributed by atoms with van der Waals surface area (Å²) in [6.07, 6.45) is 7.99. The third-order valence-electron chi connectivity index (χ3n) is 10.8.